The van der Waals surface area contributed by atoms with E-state index in [2.05, 4.69) is 35.0 Å². The van der Waals surface area contributed by atoms with Gasteiger partial charge in [-0.3, -0.25) is 0 Å². The van der Waals surface area contributed by atoms with Gasteiger partial charge < -0.3 is 14.5 Å². The topological polar surface area (TPSA) is 15.7 Å². The molecule has 16 heavy (non-hydrogen) atoms. The van der Waals surface area contributed by atoms with E-state index in [9.17, 15) is 0 Å². The summed E-state index contributed by atoms with van der Waals surface area (Å²) in [4.78, 5) is 4.77. The van der Waals surface area contributed by atoms with Gasteiger partial charge in [-0.1, -0.05) is 12.1 Å². The normalized spacial score (nSPS) is 17.5. The number of hydrogen-bond donors (Lipinski definition) is 0. The minimum Gasteiger partial charge on any atom is -0.492 e. The van der Waals surface area contributed by atoms with E-state index in [1.54, 1.807) is 0 Å². The van der Waals surface area contributed by atoms with E-state index < -0.39 is 0 Å². The largest absolute Gasteiger partial charge is 0.492 e. The van der Waals surface area contributed by atoms with Gasteiger partial charge in [0.2, 0.25) is 0 Å². The number of rotatable bonds is 3. The lowest BCUT2D eigenvalue weighted by Crippen LogP contribution is -2.44. The second-order valence-corrected chi connectivity index (χ2v) is 4.19. The van der Waals surface area contributed by atoms with Crippen LogP contribution in [-0.2, 0) is 0 Å². The van der Waals surface area contributed by atoms with Crippen molar-refractivity contribution in [2.24, 2.45) is 0 Å². The zero-order chi connectivity index (χ0) is 11.4. The Morgan fingerprint density at radius 2 is 1.81 bits per heavy atom. The molecular formula is C13H20N2O. The Morgan fingerprint density at radius 1 is 1.12 bits per heavy atom. The summed E-state index contributed by atoms with van der Waals surface area (Å²) in [5, 5.41) is 0. The van der Waals surface area contributed by atoms with Gasteiger partial charge in [-0.15, -0.1) is 0 Å². The van der Waals surface area contributed by atoms with E-state index in [-0.39, 0.29) is 0 Å². The summed E-state index contributed by atoms with van der Waals surface area (Å²) in [5.74, 6) is 1.01. The highest BCUT2D eigenvalue weighted by atomic mass is 16.5. The molecule has 1 aromatic carbocycles. The fourth-order valence-electron chi connectivity index (χ4n) is 2.04. The van der Waals surface area contributed by atoms with Crippen LogP contribution in [-0.4, -0.2) is 44.7 Å². The molecule has 0 amide bonds. The van der Waals surface area contributed by atoms with Crippen LogP contribution in [0.4, 0.5) is 5.69 Å². The van der Waals surface area contributed by atoms with Crippen molar-refractivity contribution in [1.29, 1.82) is 0 Å². The van der Waals surface area contributed by atoms with Crippen molar-refractivity contribution in [3.63, 3.8) is 0 Å². The van der Waals surface area contributed by atoms with Gasteiger partial charge in [0.25, 0.3) is 0 Å². The van der Waals surface area contributed by atoms with Gasteiger partial charge in [0, 0.05) is 26.2 Å². The average molecular weight is 220 g/mol. The molecule has 1 aliphatic heterocycles. The number of likely N-dealkylation sites (N-methyl/N-ethyl adjacent to an activating group) is 1. The maximum Gasteiger partial charge on any atom is 0.142 e. The molecule has 3 heteroatoms. The van der Waals surface area contributed by atoms with Gasteiger partial charge in [0.05, 0.1) is 12.3 Å². The Hall–Kier alpha value is -1.22. The van der Waals surface area contributed by atoms with E-state index in [0.717, 1.165) is 38.5 Å². The molecule has 88 valence electrons. The molecule has 0 unspecified atom stereocenters. The Kier molecular flexibility index (Phi) is 3.67. The minimum absolute atomic E-state index is 0.727. The summed E-state index contributed by atoms with van der Waals surface area (Å²) in [6, 6.07) is 8.31. The minimum atomic E-state index is 0.727. The third kappa shape index (κ3) is 2.47. The second-order valence-electron chi connectivity index (χ2n) is 4.19. The van der Waals surface area contributed by atoms with Crippen LogP contribution in [0.3, 0.4) is 0 Å². The van der Waals surface area contributed by atoms with Crippen molar-refractivity contribution in [2.45, 2.75) is 6.92 Å². The standard InChI is InChI=1S/C13H20N2O/c1-3-16-13-7-5-4-6-12(13)15-10-8-14(2)9-11-15/h4-7H,3,8-11H2,1-2H3. The highest BCUT2D eigenvalue weighted by Gasteiger charge is 2.16. The van der Waals surface area contributed by atoms with Crippen LogP contribution in [0.1, 0.15) is 6.92 Å². The number of benzene rings is 1. The molecule has 0 radical (unpaired) electrons. The summed E-state index contributed by atoms with van der Waals surface area (Å²) < 4.78 is 5.66. The zero-order valence-electron chi connectivity index (χ0n) is 10.1. The van der Waals surface area contributed by atoms with Crippen LogP contribution in [0.15, 0.2) is 24.3 Å². The molecular weight excluding hydrogens is 200 g/mol. The molecule has 1 aliphatic rings. The van der Waals surface area contributed by atoms with Crippen molar-refractivity contribution < 1.29 is 4.74 Å². The first-order chi connectivity index (χ1) is 7.81. The average Bonchev–Trinajstić information content (AvgIpc) is 2.32. The first-order valence-corrected chi connectivity index (χ1v) is 5.96. The van der Waals surface area contributed by atoms with E-state index in [1.165, 1.54) is 5.69 Å². The predicted molar refractivity (Wildman–Crippen MR) is 67.3 cm³/mol. The van der Waals surface area contributed by atoms with Crippen LogP contribution >= 0.6 is 0 Å². The molecule has 1 heterocycles. The van der Waals surface area contributed by atoms with E-state index in [0.29, 0.717) is 0 Å². The lowest BCUT2D eigenvalue weighted by Gasteiger charge is -2.34. The van der Waals surface area contributed by atoms with Crippen LogP contribution in [0.5, 0.6) is 5.75 Å². The molecule has 1 saturated heterocycles. The van der Waals surface area contributed by atoms with E-state index >= 15 is 0 Å². The lowest BCUT2D eigenvalue weighted by molar-refractivity contribution is 0.307. The number of hydrogen-bond acceptors (Lipinski definition) is 3. The highest BCUT2D eigenvalue weighted by Crippen LogP contribution is 2.28. The molecule has 1 aromatic rings. The van der Waals surface area contributed by atoms with Gasteiger partial charge in [-0.2, -0.15) is 0 Å². The Bertz CT molecular complexity index is 332. The van der Waals surface area contributed by atoms with Crippen LogP contribution < -0.4 is 9.64 Å². The Balaban J connectivity index is 2.13. The SMILES string of the molecule is CCOc1ccccc1N1CCN(C)CC1. The molecule has 3 nitrogen and oxygen atoms in total. The molecule has 0 aromatic heterocycles. The van der Waals surface area contributed by atoms with Crippen LogP contribution in [0, 0.1) is 0 Å². The van der Waals surface area contributed by atoms with Gasteiger partial charge in [-0.25, -0.2) is 0 Å². The summed E-state index contributed by atoms with van der Waals surface area (Å²) in [6.07, 6.45) is 0. The Labute approximate surface area is 97.6 Å². The van der Waals surface area contributed by atoms with Gasteiger partial charge >= 0.3 is 0 Å². The van der Waals surface area contributed by atoms with Gasteiger partial charge in [0.15, 0.2) is 0 Å². The third-order valence-corrected chi connectivity index (χ3v) is 3.01. The van der Waals surface area contributed by atoms with Crippen molar-refractivity contribution in [3.05, 3.63) is 24.3 Å². The van der Waals surface area contributed by atoms with E-state index in [1.807, 2.05) is 13.0 Å². The summed E-state index contributed by atoms with van der Waals surface area (Å²) >= 11 is 0. The number of anilines is 1. The maximum absolute atomic E-state index is 5.66. The van der Waals surface area contributed by atoms with Crippen molar-refractivity contribution in [2.75, 3.05) is 44.7 Å². The molecule has 0 atom stereocenters. The quantitative estimate of drug-likeness (QED) is 0.773. The fraction of sp³-hybridized carbons (Fsp3) is 0.538. The molecule has 0 saturated carbocycles. The molecule has 1 fully saturated rings. The zero-order valence-corrected chi connectivity index (χ0v) is 10.1. The van der Waals surface area contributed by atoms with Crippen molar-refractivity contribution >= 4 is 5.69 Å². The summed E-state index contributed by atoms with van der Waals surface area (Å²) in [5.41, 5.74) is 1.23. The summed E-state index contributed by atoms with van der Waals surface area (Å²) in [7, 11) is 2.17. The van der Waals surface area contributed by atoms with Crippen molar-refractivity contribution in [1.82, 2.24) is 4.90 Å². The third-order valence-electron chi connectivity index (χ3n) is 3.01. The van der Waals surface area contributed by atoms with Crippen LogP contribution in [0.25, 0.3) is 0 Å². The smallest absolute Gasteiger partial charge is 0.142 e. The molecule has 2 rings (SSSR count). The number of piperazine rings is 1. The van der Waals surface area contributed by atoms with Crippen LogP contribution in [0.2, 0.25) is 0 Å². The number of ether oxygens (including phenoxy) is 1. The number of nitrogens with zero attached hydrogens (tertiary/aromatic N) is 2. The molecule has 0 aliphatic carbocycles. The monoisotopic (exact) mass is 220 g/mol. The molecule has 0 bridgehead atoms. The number of para-hydroxylation sites is 2. The summed E-state index contributed by atoms with van der Waals surface area (Å²) in [6.45, 7) is 7.17. The van der Waals surface area contributed by atoms with Gasteiger partial charge in [0.1, 0.15) is 5.75 Å². The Morgan fingerprint density at radius 3 is 2.50 bits per heavy atom. The fourth-order valence-corrected chi connectivity index (χ4v) is 2.04. The second kappa shape index (κ2) is 5.21. The van der Waals surface area contributed by atoms with E-state index in [4.69, 9.17) is 4.74 Å². The maximum atomic E-state index is 5.66. The highest BCUT2D eigenvalue weighted by molar-refractivity contribution is 5.58. The molecule has 0 N–H and O–H groups in total. The lowest BCUT2D eigenvalue weighted by atomic mass is 10.2. The molecule has 0 spiro atoms. The van der Waals surface area contributed by atoms with Gasteiger partial charge in [-0.05, 0) is 26.1 Å². The first kappa shape index (κ1) is 11.3. The predicted octanol–water partition coefficient (Wildman–Crippen LogP) is 1.84. The first-order valence-electron chi connectivity index (χ1n) is 5.96. The van der Waals surface area contributed by atoms with Crippen molar-refractivity contribution in [3.8, 4) is 5.75 Å².